The SMILES string of the molecule is Cc1cc(C)c(C(=O)O)cc1NC(=O)c1cccc(NC(=O)C2CCCO2)c1. The molecule has 2 aromatic rings. The van der Waals surface area contributed by atoms with Crippen molar-refractivity contribution in [3.05, 3.63) is 58.7 Å². The summed E-state index contributed by atoms with van der Waals surface area (Å²) in [5, 5.41) is 14.8. The van der Waals surface area contributed by atoms with Gasteiger partial charge in [0.2, 0.25) is 0 Å². The van der Waals surface area contributed by atoms with Gasteiger partial charge in [-0.15, -0.1) is 0 Å². The van der Waals surface area contributed by atoms with Crippen LogP contribution in [0.5, 0.6) is 0 Å². The highest BCUT2D eigenvalue weighted by atomic mass is 16.5. The van der Waals surface area contributed by atoms with Gasteiger partial charge >= 0.3 is 5.97 Å². The van der Waals surface area contributed by atoms with E-state index in [0.717, 1.165) is 12.0 Å². The third-order valence-electron chi connectivity index (χ3n) is 4.66. The molecule has 1 aliphatic rings. The van der Waals surface area contributed by atoms with E-state index in [1.165, 1.54) is 6.07 Å². The van der Waals surface area contributed by atoms with Crippen LogP contribution in [-0.2, 0) is 9.53 Å². The number of carbonyl (C=O) groups is 3. The Labute approximate surface area is 162 Å². The molecule has 0 bridgehead atoms. The van der Waals surface area contributed by atoms with Crippen molar-refractivity contribution in [2.24, 2.45) is 0 Å². The fourth-order valence-electron chi connectivity index (χ4n) is 3.16. The standard InChI is InChI=1S/C21H22N2O5/c1-12-9-13(2)17(11-16(12)21(26)27)23-19(24)14-5-3-6-15(10-14)22-20(25)18-7-4-8-28-18/h3,5-6,9-11,18H,4,7-8H2,1-2H3,(H,22,25)(H,23,24)(H,26,27). The summed E-state index contributed by atoms with van der Waals surface area (Å²) in [5.41, 5.74) is 2.81. The number of anilines is 2. The third-order valence-corrected chi connectivity index (χ3v) is 4.66. The topological polar surface area (TPSA) is 105 Å². The van der Waals surface area contributed by atoms with E-state index >= 15 is 0 Å². The van der Waals surface area contributed by atoms with Gasteiger partial charge in [-0.2, -0.15) is 0 Å². The van der Waals surface area contributed by atoms with Gasteiger partial charge in [0, 0.05) is 23.5 Å². The summed E-state index contributed by atoms with van der Waals surface area (Å²) in [6.07, 6.45) is 1.08. The second kappa shape index (κ2) is 8.22. The summed E-state index contributed by atoms with van der Waals surface area (Å²) >= 11 is 0. The third kappa shape index (κ3) is 4.37. The Kier molecular flexibility index (Phi) is 5.75. The number of aryl methyl sites for hydroxylation is 2. The Hall–Kier alpha value is -3.19. The Morgan fingerprint density at radius 2 is 1.86 bits per heavy atom. The number of ether oxygens (including phenoxy) is 1. The molecular weight excluding hydrogens is 360 g/mol. The lowest BCUT2D eigenvalue weighted by molar-refractivity contribution is -0.124. The predicted octanol–water partition coefficient (Wildman–Crippen LogP) is 3.37. The molecule has 0 saturated carbocycles. The van der Waals surface area contributed by atoms with Gasteiger partial charge in [-0.1, -0.05) is 12.1 Å². The first-order valence-corrected chi connectivity index (χ1v) is 9.03. The van der Waals surface area contributed by atoms with Gasteiger partial charge in [0.1, 0.15) is 6.10 Å². The Morgan fingerprint density at radius 3 is 2.54 bits per heavy atom. The quantitative estimate of drug-likeness (QED) is 0.735. The number of hydrogen-bond donors (Lipinski definition) is 3. The summed E-state index contributed by atoms with van der Waals surface area (Å²) in [7, 11) is 0. The first-order chi connectivity index (χ1) is 13.3. The lowest BCUT2D eigenvalue weighted by atomic mass is 10.0. The second-order valence-electron chi connectivity index (χ2n) is 6.81. The van der Waals surface area contributed by atoms with Crippen LogP contribution in [0.3, 0.4) is 0 Å². The second-order valence-corrected chi connectivity index (χ2v) is 6.81. The molecule has 1 atom stereocenters. The van der Waals surface area contributed by atoms with Crippen molar-refractivity contribution < 1.29 is 24.2 Å². The first-order valence-electron chi connectivity index (χ1n) is 9.03. The molecule has 2 amide bonds. The van der Waals surface area contributed by atoms with Crippen molar-refractivity contribution in [3.8, 4) is 0 Å². The molecule has 7 nitrogen and oxygen atoms in total. The molecule has 146 valence electrons. The first kappa shape index (κ1) is 19.6. The molecule has 3 rings (SSSR count). The van der Waals surface area contributed by atoms with Gasteiger partial charge in [-0.05, 0) is 62.1 Å². The van der Waals surface area contributed by atoms with Crippen molar-refractivity contribution in [2.75, 3.05) is 17.2 Å². The summed E-state index contributed by atoms with van der Waals surface area (Å²) in [6, 6.07) is 9.74. The number of nitrogens with one attached hydrogen (secondary N) is 2. The van der Waals surface area contributed by atoms with Crippen LogP contribution in [0.15, 0.2) is 36.4 Å². The van der Waals surface area contributed by atoms with Crippen LogP contribution in [0.4, 0.5) is 11.4 Å². The van der Waals surface area contributed by atoms with Crippen molar-refractivity contribution in [1.29, 1.82) is 0 Å². The van der Waals surface area contributed by atoms with Gasteiger partial charge in [0.15, 0.2) is 0 Å². The zero-order valence-corrected chi connectivity index (χ0v) is 15.7. The fraction of sp³-hybridized carbons (Fsp3) is 0.286. The monoisotopic (exact) mass is 382 g/mol. The molecule has 3 N–H and O–H groups in total. The highest BCUT2D eigenvalue weighted by Gasteiger charge is 2.23. The maximum Gasteiger partial charge on any atom is 0.336 e. The van der Waals surface area contributed by atoms with E-state index in [-0.39, 0.29) is 11.5 Å². The normalized spacial score (nSPS) is 15.9. The molecule has 2 aromatic carbocycles. The number of benzene rings is 2. The highest BCUT2D eigenvalue weighted by molar-refractivity contribution is 6.06. The minimum Gasteiger partial charge on any atom is -0.478 e. The Morgan fingerprint density at radius 1 is 1.07 bits per heavy atom. The number of carboxylic acid groups (broad SMARTS) is 1. The molecule has 1 heterocycles. The van der Waals surface area contributed by atoms with Gasteiger partial charge in [0.25, 0.3) is 11.8 Å². The number of aromatic carboxylic acids is 1. The van der Waals surface area contributed by atoms with Crippen LogP contribution in [0, 0.1) is 13.8 Å². The lowest BCUT2D eigenvalue weighted by Crippen LogP contribution is -2.27. The molecule has 7 heteroatoms. The number of amides is 2. The van der Waals surface area contributed by atoms with Crippen molar-refractivity contribution >= 4 is 29.2 Å². The van der Waals surface area contributed by atoms with Crippen LogP contribution in [0.2, 0.25) is 0 Å². The van der Waals surface area contributed by atoms with Crippen LogP contribution in [-0.4, -0.2) is 35.6 Å². The number of carboxylic acids is 1. The van der Waals surface area contributed by atoms with E-state index in [1.54, 1.807) is 44.2 Å². The molecule has 28 heavy (non-hydrogen) atoms. The zero-order valence-electron chi connectivity index (χ0n) is 15.7. The molecule has 0 aliphatic carbocycles. The molecule has 0 radical (unpaired) electrons. The molecule has 1 unspecified atom stereocenters. The van der Waals surface area contributed by atoms with E-state index in [0.29, 0.717) is 35.5 Å². The average molecular weight is 382 g/mol. The highest BCUT2D eigenvalue weighted by Crippen LogP contribution is 2.22. The number of hydrogen-bond acceptors (Lipinski definition) is 4. The fourth-order valence-corrected chi connectivity index (χ4v) is 3.16. The van der Waals surface area contributed by atoms with Crippen LogP contribution in [0.25, 0.3) is 0 Å². The molecular formula is C21H22N2O5. The van der Waals surface area contributed by atoms with Crippen molar-refractivity contribution in [3.63, 3.8) is 0 Å². The maximum absolute atomic E-state index is 12.6. The van der Waals surface area contributed by atoms with Gasteiger partial charge in [0.05, 0.1) is 5.56 Å². The van der Waals surface area contributed by atoms with Crippen LogP contribution >= 0.6 is 0 Å². The Bertz CT molecular complexity index is 932. The largest absolute Gasteiger partial charge is 0.478 e. The van der Waals surface area contributed by atoms with E-state index in [2.05, 4.69) is 10.6 Å². The smallest absolute Gasteiger partial charge is 0.336 e. The molecule has 1 saturated heterocycles. The van der Waals surface area contributed by atoms with Gasteiger partial charge < -0.3 is 20.5 Å². The summed E-state index contributed by atoms with van der Waals surface area (Å²) in [4.78, 5) is 36.1. The van der Waals surface area contributed by atoms with E-state index in [9.17, 15) is 19.5 Å². The Balaban J connectivity index is 1.75. The molecule has 0 aromatic heterocycles. The number of rotatable bonds is 5. The zero-order chi connectivity index (χ0) is 20.3. The number of carbonyl (C=O) groups excluding carboxylic acids is 2. The van der Waals surface area contributed by atoms with Gasteiger partial charge in [-0.3, -0.25) is 9.59 Å². The van der Waals surface area contributed by atoms with Gasteiger partial charge in [-0.25, -0.2) is 4.79 Å². The lowest BCUT2D eigenvalue weighted by Gasteiger charge is -2.13. The van der Waals surface area contributed by atoms with E-state index < -0.39 is 18.0 Å². The van der Waals surface area contributed by atoms with E-state index in [4.69, 9.17) is 4.74 Å². The molecule has 1 aliphatic heterocycles. The van der Waals surface area contributed by atoms with Crippen LogP contribution in [0.1, 0.15) is 44.7 Å². The summed E-state index contributed by atoms with van der Waals surface area (Å²) in [5.74, 6) is -1.67. The summed E-state index contributed by atoms with van der Waals surface area (Å²) in [6.45, 7) is 4.09. The van der Waals surface area contributed by atoms with Crippen LogP contribution < -0.4 is 10.6 Å². The van der Waals surface area contributed by atoms with Crippen molar-refractivity contribution in [1.82, 2.24) is 0 Å². The minimum atomic E-state index is -1.05. The molecule has 1 fully saturated rings. The van der Waals surface area contributed by atoms with Crippen molar-refractivity contribution in [2.45, 2.75) is 32.8 Å². The maximum atomic E-state index is 12.6. The molecule has 0 spiro atoms. The minimum absolute atomic E-state index is 0.137. The average Bonchev–Trinajstić information content (AvgIpc) is 3.18. The predicted molar refractivity (Wildman–Crippen MR) is 105 cm³/mol. The summed E-state index contributed by atoms with van der Waals surface area (Å²) < 4.78 is 5.36. The van der Waals surface area contributed by atoms with E-state index in [1.807, 2.05) is 0 Å².